The van der Waals surface area contributed by atoms with Gasteiger partial charge >= 0.3 is 11.9 Å². The molecule has 0 amide bonds. The molecule has 0 atom stereocenters. The molecule has 0 fully saturated rings. The van der Waals surface area contributed by atoms with Gasteiger partial charge in [0, 0.05) is 12.8 Å². The van der Waals surface area contributed by atoms with E-state index in [1.54, 1.807) is 0 Å². The lowest BCUT2D eigenvalue weighted by atomic mass is 10.1. The molecule has 0 aliphatic heterocycles. The lowest BCUT2D eigenvalue weighted by molar-refractivity contribution is -0.152. The molecular formula is C24H44O4. The summed E-state index contributed by atoms with van der Waals surface area (Å²) in [5, 5.41) is 0. The molecule has 4 nitrogen and oxygen atoms in total. The van der Waals surface area contributed by atoms with Gasteiger partial charge in [0.25, 0.3) is 0 Å². The van der Waals surface area contributed by atoms with Crippen molar-refractivity contribution in [2.45, 2.75) is 117 Å². The molecule has 28 heavy (non-hydrogen) atoms. The van der Waals surface area contributed by atoms with Crippen LogP contribution in [0.25, 0.3) is 0 Å². The Morgan fingerprint density at radius 2 is 1.07 bits per heavy atom. The van der Waals surface area contributed by atoms with Gasteiger partial charge in [-0.2, -0.15) is 0 Å². The van der Waals surface area contributed by atoms with Gasteiger partial charge in [0.05, 0.1) is 0 Å². The van der Waals surface area contributed by atoms with Crippen molar-refractivity contribution in [1.29, 1.82) is 0 Å². The van der Waals surface area contributed by atoms with Crippen LogP contribution in [0.2, 0.25) is 0 Å². The van der Waals surface area contributed by atoms with E-state index in [-0.39, 0.29) is 25.2 Å². The van der Waals surface area contributed by atoms with Gasteiger partial charge in [-0.05, 0) is 32.1 Å². The molecule has 0 saturated carbocycles. The SMILES string of the molecule is CC/C=C\CCCCCCCC(=O)OCCOC(=O)CCCCCCCCC. The van der Waals surface area contributed by atoms with Crippen LogP contribution in [0.1, 0.15) is 117 Å². The number of ether oxygens (including phenoxy) is 2. The zero-order valence-electron chi connectivity index (χ0n) is 18.5. The van der Waals surface area contributed by atoms with Gasteiger partial charge in [-0.25, -0.2) is 0 Å². The molecule has 0 spiro atoms. The Bertz CT molecular complexity index is 390. The number of carbonyl (C=O) groups excluding carboxylic acids is 2. The first-order valence-electron chi connectivity index (χ1n) is 11.7. The fraction of sp³-hybridized carbons (Fsp3) is 0.833. The number of esters is 2. The molecule has 0 saturated heterocycles. The van der Waals surface area contributed by atoms with Crippen LogP contribution in [-0.4, -0.2) is 25.2 Å². The van der Waals surface area contributed by atoms with Gasteiger partial charge < -0.3 is 9.47 Å². The van der Waals surface area contributed by atoms with Crippen molar-refractivity contribution in [1.82, 2.24) is 0 Å². The molecule has 0 heterocycles. The second kappa shape index (κ2) is 22.0. The highest BCUT2D eigenvalue weighted by Gasteiger charge is 2.05. The van der Waals surface area contributed by atoms with Gasteiger partial charge in [0.1, 0.15) is 13.2 Å². The van der Waals surface area contributed by atoms with Gasteiger partial charge in [0.15, 0.2) is 0 Å². The number of rotatable bonds is 20. The molecule has 0 aromatic heterocycles. The Labute approximate surface area is 173 Å². The summed E-state index contributed by atoms with van der Waals surface area (Å²) in [5.74, 6) is -0.368. The van der Waals surface area contributed by atoms with Crippen molar-refractivity contribution in [2.75, 3.05) is 13.2 Å². The Hall–Kier alpha value is -1.32. The average Bonchev–Trinajstić information content (AvgIpc) is 2.69. The van der Waals surface area contributed by atoms with Crippen molar-refractivity contribution in [3.05, 3.63) is 12.2 Å². The minimum atomic E-state index is -0.186. The van der Waals surface area contributed by atoms with E-state index in [0.29, 0.717) is 12.8 Å². The van der Waals surface area contributed by atoms with Crippen LogP contribution in [0.3, 0.4) is 0 Å². The molecule has 0 radical (unpaired) electrons. The van der Waals surface area contributed by atoms with E-state index in [0.717, 1.165) is 38.5 Å². The minimum Gasteiger partial charge on any atom is -0.462 e. The van der Waals surface area contributed by atoms with Crippen molar-refractivity contribution < 1.29 is 19.1 Å². The Kier molecular flexibility index (Phi) is 20.9. The summed E-state index contributed by atoms with van der Waals surface area (Å²) in [6, 6.07) is 0. The van der Waals surface area contributed by atoms with E-state index in [1.165, 1.54) is 51.4 Å². The lowest BCUT2D eigenvalue weighted by Crippen LogP contribution is -2.13. The number of allylic oxidation sites excluding steroid dienone is 2. The fourth-order valence-electron chi connectivity index (χ4n) is 3.03. The number of carbonyl (C=O) groups is 2. The standard InChI is InChI=1S/C24H44O4/c1-3-5-7-9-11-12-14-16-18-20-24(26)28-22-21-27-23(25)19-17-15-13-10-8-6-4-2/h5,7H,3-4,6,8-22H2,1-2H3/b7-5-. The van der Waals surface area contributed by atoms with Crippen LogP contribution in [0.4, 0.5) is 0 Å². The smallest absolute Gasteiger partial charge is 0.305 e. The molecule has 4 heteroatoms. The van der Waals surface area contributed by atoms with E-state index in [9.17, 15) is 9.59 Å². The minimum absolute atomic E-state index is 0.172. The molecular weight excluding hydrogens is 352 g/mol. The molecule has 0 bridgehead atoms. The highest BCUT2D eigenvalue weighted by atomic mass is 16.6. The third-order valence-corrected chi connectivity index (χ3v) is 4.75. The normalized spacial score (nSPS) is 11.1. The Morgan fingerprint density at radius 3 is 1.57 bits per heavy atom. The van der Waals surface area contributed by atoms with E-state index in [4.69, 9.17) is 9.47 Å². The monoisotopic (exact) mass is 396 g/mol. The predicted octanol–water partition coefficient (Wildman–Crippen LogP) is 6.91. The summed E-state index contributed by atoms with van der Waals surface area (Å²) < 4.78 is 10.2. The molecule has 164 valence electrons. The van der Waals surface area contributed by atoms with Crippen LogP contribution in [-0.2, 0) is 19.1 Å². The van der Waals surface area contributed by atoms with Crippen molar-refractivity contribution in [2.24, 2.45) is 0 Å². The Morgan fingerprint density at radius 1 is 0.607 bits per heavy atom. The number of hydrogen-bond donors (Lipinski definition) is 0. The second-order valence-corrected chi connectivity index (χ2v) is 7.50. The third-order valence-electron chi connectivity index (χ3n) is 4.75. The largest absolute Gasteiger partial charge is 0.462 e. The van der Waals surface area contributed by atoms with Gasteiger partial charge in [-0.3, -0.25) is 9.59 Å². The van der Waals surface area contributed by atoms with E-state index >= 15 is 0 Å². The summed E-state index contributed by atoms with van der Waals surface area (Å²) in [7, 11) is 0. The van der Waals surface area contributed by atoms with Gasteiger partial charge in [-0.15, -0.1) is 0 Å². The molecule has 0 aliphatic carbocycles. The van der Waals surface area contributed by atoms with Crippen LogP contribution in [0.15, 0.2) is 12.2 Å². The summed E-state index contributed by atoms with van der Waals surface area (Å²) in [6.45, 7) is 4.71. The van der Waals surface area contributed by atoms with Crippen LogP contribution >= 0.6 is 0 Å². The third kappa shape index (κ3) is 21.0. The van der Waals surface area contributed by atoms with E-state index in [2.05, 4.69) is 26.0 Å². The first kappa shape index (κ1) is 26.7. The van der Waals surface area contributed by atoms with Gasteiger partial charge in [-0.1, -0.05) is 83.8 Å². The fourth-order valence-corrected chi connectivity index (χ4v) is 3.03. The molecule has 0 unspecified atom stereocenters. The zero-order valence-corrected chi connectivity index (χ0v) is 18.5. The quantitative estimate of drug-likeness (QED) is 0.127. The maximum Gasteiger partial charge on any atom is 0.305 e. The molecule has 0 aliphatic rings. The van der Waals surface area contributed by atoms with Crippen LogP contribution < -0.4 is 0 Å². The van der Waals surface area contributed by atoms with Crippen molar-refractivity contribution in [3.63, 3.8) is 0 Å². The highest BCUT2D eigenvalue weighted by molar-refractivity contribution is 5.70. The lowest BCUT2D eigenvalue weighted by Gasteiger charge is -2.07. The van der Waals surface area contributed by atoms with Crippen molar-refractivity contribution in [3.8, 4) is 0 Å². The first-order valence-corrected chi connectivity index (χ1v) is 11.7. The summed E-state index contributed by atoms with van der Waals surface area (Å²) in [6.07, 6.45) is 21.5. The summed E-state index contributed by atoms with van der Waals surface area (Å²) >= 11 is 0. The molecule has 0 rings (SSSR count). The Balaban J connectivity index is 3.33. The predicted molar refractivity (Wildman–Crippen MR) is 116 cm³/mol. The van der Waals surface area contributed by atoms with E-state index < -0.39 is 0 Å². The maximum atomic E-state index is 11.6. The zero-order chi connectivity index (χ0) is 20.7. The number of unbranched alkanes of at least 4 members (excludes halogenated alkanes) is 11. The summed E-state index contributed by atoms with van der Waals surface area (Å²) in [5.41, 5.74) is 0. The topological polar surface area (TPSA) is 52.6 Å². The van der Waals surface area contributed by atoms with Gasteiger partial charge in [0.2, 0.25) is 0 Å². The average molecular weight is 397 g/mol. The maximum absolute atomic E-state index is 11.6. The number of hydrogen-bond acceptors (Lipinski definition) is 4. The van der Waals surface area contributed by atoms with Crippen LogP contribution in [0, 0.1) is 0 Å². The molecule has 0 aromatic rings. The van der Waals surface area contributed by atoms with Crippen molar-refractivity contribution >= 4 is 11.9 Å². The van der Waals surface area contributed by atoms with E-state index in [1.807, 2.05) is 0 Å². The summed E-state index contributed by atoms with van der Waals surface area (Å²) in [4.78, 5) is 23.3. The van der Waals surface area contributed by atoms with Crippen LogP contribution in [0.5, 0.6) is 0 Å². The highest BCUT2D eigenvalue weighted by Crippen LogP contribution is 2.09. The second-order valence-electron chi connectivity index (χ2n) is 7.50. The molecule has 0 N–H and O–H groups in total. The first-order chi connectivity index (χ1) is 13.7. The molecule has 0 aromatic carbocycles.